The molecule has 0 atom stereocenters. The van der Waals surface area contributed by atoms with E-state index in [4.69, 9.17) is 4.74 Å². The number of carbonyl (C=O) groups is 1. The minimum atomic E-state index is -0.228. The van der Waals surface area contributed by atoms with E-state index in [1.54, 1.807) is 35.2 Å². The second kappa shape index (κ2) is 8.57. The first-order chi connectivity index (χ1) is 14.6. The predicted molar refractivity (Wildman–Crippen MR) is 113 cm³/mol. The van der Waals surface area contributed by atoms with E-state index in [1.165, 1.54) is 13.3 Å². The highest BCUT2D eigenvalue weighted by Crippen LogP contribution is 2.15. The van der Waals surface area contributed by atoms with E-state index in [1.807, 2.05) is 36.4 Å². The van der Waals surface area contributed by atoms with Gasteiger partial charge in [-0.3, -0.25) is 9.59 Å². The topological polar surface area (TPSA) is 88.2 Å². The van der Waals surface area contributed by atoms with E-state index < -0.39 is 0 Å². The van der Waals surface area contributed by atoms with Crippen LogP contribution in [0.2, 0.25) is 0 Å². The molecule has 0 aliphatic heterocycles. The summed E-state index contributed by atoms with van der Waals surface area (Å²) in [6.07, 6.45) is 1.48. The van der Waals surface area contributed by atoms with Crippen molar-refractivity contribution in [3.05, 3.63) is 100 Å². The van der Waals surface area contributed by atoms with Crippen molar-refractivity contribution in [2.45, 2.75) is 13.1 Å². The van der Waals surface area contributed by atoms with Crippen LogP contribution in [-0.2, 0) is 13.1 Å². The Bertz CT molecular complexity index is 1220. The van der Waals surface area contributed by atoms with Gasteiger partial charge >= 0.3 is 0 Å². The molecule has 0 saturated carbocycles. The Hall–Kier alpha value is -4.00. The lowest BCUT2D eigenvalue weighted by molar-refractivity contribution is 0.0725. The van der Waals surface area contributed by atoms with Gasteiger partial charge < -0.3 is 14.6 Å². The third-order valence-electron chi connectivity index (χ3n) is 4.70. The molecule has 150 valence electrons. The second-order valence-corrected chi connectivity index (χ2v) is 6.77. The second-order valence-electron chi connectivity index (χ2n) is 6.77. The number of fused-ring (bicyclic) bond motifs is 1. The molecule has 0 bridgehead atoms. The maximum absolute atomic E-state index is 13.2. The van der Waals surface area contributed by atoms with Crippen LogP contribution in [0, 0.1) is 0 Å². The van der Waals surface area contributed by atoms with Gasteiger partial charge in [0.2, 0.25) is 5.88 Å². The zero-order valence-corrected chi connectivity index (χ0v) is 16.4. The van der Waals surface area contributed by atoms with Crippen LogP contribution in [0.4, 0.5) is 0 Å². The van der Waals surface area contributed by atoms with Crippen molar-refractivity contribution >= 4 is 16.8 Å². The summed E-state index contributed by atoms with van der Waals surface area (Å²) in [5.74, 6) is 0.635. The van der Waals surface area contributed by atoms with Crippen LogP contribution >= 0.6 is 0 Å². The smallest absolute Gasteiger partial charge is 0.258 e. The molecule has 1 N–H and O–H groups in total. The number of nitrogens with zero attached hydrogens (tertiary/aromatic N) is 3. The number of aromatic amines is 1. The first-order valence-electron chi connectivity index (χ1n) is 9.45. The minimum Gasteiger partial charge on any atom is -0.481 e. The highest BCUT2D eigenvalue weighted by atomic mass is 16.5. The summed E-state index contributed by atoms with van der Waals surface area (Å²) in [5.41, 5.74) is 1.76. The third-order valence-corrected chi connectivity index (χ3v) is 4.70. The van der Waals surface area contributed by atoms with Gasteiger partial charge in [-0.1, -0.05) is 42.5 Å². The van der Waals surface area contributed by atoms with Gasteiger partial charge in [0.25, 0.3) is 11.5 Å². The van der Waals surface area contributed by atoms with E-state index in [9.17, 15) is 9.59 Å². The van der Waals surface area contributed by atoms with E-state index in [0.717, 1.165) is 5.56 Å². The van der Waals surface area contributed by atoms with Crippen molar-refractivity contribution in [3.63, 3.8) is 0 Å². The fourth-order valence-electron chi connectivity index (χ4n) is 3.20. The Balaban J connectivity index is 1.67. The summed E-state index contributed by atoms with van der Waals surface area (Å²) < 4.78 is 5.07. The lowest BCUT2D eigenvalue weighted by atomic mass is 10.2. The van der Waals surface area contributed by atoms with Crippen molar-refractivity contribution < 1.29 is 9.53 Å². The molecular weight excluding hydrogens is 380 g/mol. The van der Waals surface area contributed by atoms with Crippen molar-refractivity contribution in [1.82, 2.24) is 19.9 Å². The lowest BCUT2D eigenvalue weighted by Gasteiger charge is -2.22. The van der Waals surface area contributed by atoms with Gasteiger partial charge in [0.1, 0.15) is 5.82 Å². The van der Waals surface area contributed by atoms with Crippen LogP contribution in [0.5, 0.6) is 5.88 Å². The molecule has 0 aliphatic carbocycles. The number of methoxy groups -OCH3 is 1. The number of hydrogen-bond donors (Lipinski definition) is 1. The normalized spacial score (nSPS) is 10.7. The van der Waals surface area contributed by atoms with E-state index in [-0.39, 0.29) is 18.0 Å². The molecule has 0 aliphatic rings. The van der Waals surface area contributed by atoms with E-state index >= 15 is 0 Å². The summed E-state index contributed by atoms with van der Waals surface area (Å²) >= 11 is 0. The Labute approximate surface area is 173 Å². The largest absolute Gasteiger partial charge is 0.481 e. The predicted octanol–water partition coefficient (Wildman–Crippen LogP) is 3.17. The summed E-state index contributed by atoms with van der Waals surface area (Å²) in [5, 5.41) is 0.515. The third kappa shape index (κ3) is 4.20. The molecule has 2 aromatic heterocycles. The number of pyridine rings is 1. The number of para-hydroxylation sites is 1. The Morgan fingerprint density at radius 3 is 2.50 bits per heavy atom. The van der Waals surface area contributed by atoms with Crippen molar-refractivity contribution in [3.8, 4) is 5.88 Å². The molecule has 2 heterocycles. The maximum atomic E-state index is 13.2. The summed E-state index contributed by atoms with van der Waals surface area (Å²) in [7, 11) is 1.52. The molecule has 0 radical (unpaired) electrons. The first kappa shape index (κ1) is 19.3. The van der Waals surface area contributed by atoms with Gasteiger partial charge in [0, 0.05) is 18.8 Å². The monoisotopic (exact) mass is 400 g/mol. The molecule has 1 amide bonds. The Morgan fingerprint density at radius 2 is 1.77 bits per heavy atom. The molecule has 4 rings (SSSR count). The molecule has 7 nitrogen and oxygen atoms in total. The number of amides is 1. The average Bonchev–Trinajstić information content (AvgIpc) is 2.79. The van der Waals surface area contributed by atoms with Gasteiger partial charge in [0.15, 0.2) is 0 Å². The van der Waals surface area contributed by atoms with Gasteiger partial charge in [-0.05, 0) is 23.8 Å². The summed E-state index contributed by atoms with van der Waals surface area (Å²) in [6, 6.07) is 20.1. The van der Waals surface area contributed by atoms with Crippen LogP contribution in [0.1, 0.15) is 21.7 Å². The van der Waals surface area contributed by atoms with E-state index in [0.29, 0.717) is 34.7 Å². The molecule has 0 saturated heterocycles. The fraction of sp³-hybridized carbons (Fsp3) is 0.130. The molecule has 0 fully saturated rings. The maximum Gasteiger partial charge on any atom is 0.258 e. The van der Waals surface area contributed by atoms with Crippen molar-refractivity contribution in [1.29, 1.82) is 0 Å². The highest BCUT2D eigenvalue weighted by Gasteiger charge is 2.19. The summed E-state index contributed by atoms with van der Waals surface area (Å²) in [6.45, 7) is 0.516. The zero-order chi connectivity index (χ0) is 20.9. The van der Waals surface area contributed by atoms with Crippen LogP contribution in [0.3, 0.4) is 0 Å². The number of ether oxygens (including phenoxy) is 1. The van der Waals surface area contributed by atoms with Crippen molar-refractivity contribution in [2.75, 3.05) is 7.11 Å². The van der Waals surface area contributed by atoms with Gasteiger partial charge in [-0.25, -0.2) is 9.97 Å². The molecular formula is C23H20N4O3. The fourth-order valence-corrected chi connectivity index (χ4v) is 3.20. The molecule has 30 heavy (non-hydrogen) atoms. The van der Waals surface area contributed by atoms with Crippen molar-refractivity contribution in [2.24, 2.45) is 0 Å². The van der Waals surface area contributed by atoms with Gasteiger partial charge in [-0.15, -0.1) is 0 Å². The van der Waals surface area contributed by atoms with Crippen LogP contribution < -0.4 is 10.3 Å². The molecule has 0 unspecified atom stereocenters. The standard InChI is InChI=1S/C23H20N4O3/c1-30-21-12-11-17(13-24-21)23(29)27(14-16-7-3-2-4-8-16)15-20-25-19-10-6-5-9-18(19)22(28)26-20/h2-13H,14-15H2,1H3,(H,25,26,28). The number of benzene rings is 2. The Morgan fingerprint density at radius 1 is 1.00 bits per heavy atom. The van der Waals surface area contributed by atoms with Crippen LogP contribution in [-0.4, -0.2) is 32.9 Å². The minimum absolute atomic E-state index is 0.153. The molecule has 0 spiro atoms. The molecule has 4 aromatic rings. The number of nitrogens with one attached hydrogen (secondary N) is 1. The lowest BCUT2D eigenvalue weighted by Crippen LogP contribution is -2.31. The van der Waals surface area contributed by atoms with E-state index in [2.05, 4.69) is 15.0 Å². The number of hydrogen-bond acceptors (Lipinski definition) is 5. The van der Waals surface area contributed by atoms with Crippen LogP contribution in [0.15, 0.2) is 77.7 Å². The zero-order valence-electron chi connectivity index (χ0n) is 16.4. The first-order valence-corrected chi connectivity index (χ1v) is 9.45. The quantitative estimate of drug-likeness (QED) is 0.537. The van der Waals surface area contributed by atoms with Gasteiger partial charge in [-0.2, -0.15) is 0 Å². The number of rotatable bonds is 6. The SMILES string of the molecule is COc1ccc(C(=O)N(Cc2ccccc2)Cc2nc3ccccc3c(=O)[nH]2)cn1. The van der Waals surface area contributed by atoms with Crippen LogP contribution in [0.25, 0.3) is 10.9 Å². The van der Waals surface area contributed by atoms with Gasteiger partial charge in [0.05, 0.1) is 30.1 Å². The molecule has 7 heteroatoms. The number of carbonyl (C=O) groups excluding carboxylic acids is 1. The number of H-pyrrole nitrogens is 1. The number of aromatic nitrogens is 3. The highest BCUT2D eigenvalue weighted by molar-refractivity contribution is 5.94. The Kier molecular flexibility index (Phi) is 5.52. The summed E-state index contributed by atoms with van der Waals surface area (Å²) in [4.78, 5) is 38.7. The molecule has 2 aromatic carbocycles. The average molecular weight is 400 g/mol.